The highest BCUT2D eigenvalue weighted by atomic mass is 32.2. The van der Waals surface area contributed by atoms with Crippen LogP contribution in [0.3, 0.4) is 0 Å². The molecule has 0 heterocycles. The fourth-order valence-electron chi connectivity index (χ4n) is 2.62. The number of carbonyl (C=O) groups is 1. The maximum atomic E-state index is 12.6. The van der Waals surface area contributed by atoms with Gasteiger partial charge in [-0.1, -0.05) is 43.7 Å². The number of phenolic OH excluding ortho intramolecular Hbond substituents is 1. The van der Waals surface area contributed by atoms with Crippen molar-refractivity contribution in [2.24, 2.45) is 0 Å². The Morgan fingerprint density at radius 1 is 1.11 bits per heavy atom. The molecule has 0 fully saturated rings. The molecule has 0 aliphatic rings. The molecule has 2 rings (SSSR count). The molecule has 0 aliphatic heterocycles. The van der Waals surface area contributed by atoms with E-state index in [0.717, 1.165) is 5.56 Å². The fourth-order valence-corrected chi connectivity index (χ4v) is 4.89. The Morgan fingerprint density at radius 2 is 1.75 bits per heavy atom. The minimum Gasteiger partial charge on any atom is -0.506 e. The van der Waals surface area contributed by atoms with Gasteiger partial charge in [0.25, 0.3) is 0 Å². The lowest BCUT2D eigenvalue weighted by atomic mass is 10.2. The molecular formula is C20H26N2O4S2. The van der Waals surface area contributed by atoms with Crippen LogP contribution in [0.1, 0.15) is 25.0 Å². The Labute approximate surface area is 171 Å². The Hall–Kier alpha value is -2.03. The first-order chi connectivity index (χ1) is 13.3. The number of anilines is 1. The summed E-state index contributed by atoms with van der Waals surface area (Å²) in [6.07, 6.45) is 0. The summed E-state index contributed by atoms with van der Waals surface area (Å²) in [4.78, 5) is 12.3. The van der Waals surface area contributed by atoms with E-state index in [1.54, 1.807) is 13.8 Å². The molecule has 1 amide bonds. The number of sulfonamides is 1. The summed E-state index contributed by atoms with van der Waals surface area (Å²) in [5.74, 6) is 0.413. The number of phenols is 1. The zero-order chi connectivity index (χ0) is 20.7. The first kappa shape index (κ1) is 22.3. The molecule has 2 aromatic rings. The van der Waals surface area contributed by atoms with E-state index in [2.05, 4.69) is 5.32 Å². The molecule has 0 bridgehead atoms. The quantitative estimate of drug-likeness (QED) is 0.603. The second-order valence-corrected chi connectivity index (χ2v) is 9.22. The number of carbonyl (C=O) groups excluding carboxylic acids is 1. The van der Waals surface area contributed by atoms with Crippen LogP contribution in [0.25, 0.3) is 0 Å². The highest BCUT2D eigenvalue weighted by Crippen LogP contribution is 2.28. The number of nitrogens with zero attached hydrogens (tertiary/aromatic N) is 1. The van der Waals surface area contributed by atoms with Crippen LogP contribution in [0.2, 0.25) is 0 Å². The molecule has 0 radical (unpaired) electrons. The van der Waals surface area contributed by atoms with Gasteiger partial charge >= 0.3 is 0 Å². The van der Waals surface area contributed by atoms with Crippen molar-refractivity contribution in [1.82, 2.24) is 4.31 Å². The van der Waals surface area contributed by atoms with E-state index in [1.165, 1.54) is 39.8 Å². The van der Waals surface area contributed by atoms with Crippen LogP contribution in [-0.4, -0.2) is 42.6 Å². The number of hydrogen-bond acceptors (Lipinski definition) is 5. The van der Waals surface area contributed by atoms with E-state index in [1.807, 2.05) is 31.2 Å². The molecule has 8 heteroatoms. The Bertz CT molecular complexity index is 908. The summed E-state index contributed by atoms with van der Waals surface area (Å²) in [5, 5.41) is 12.6. The number of thioether (sulfide) groups is 1. The van der Waals surface area contributed by atoms with Crippen LogP contribution in [0, 0.1) is 6.92 Å². The molecule has 0 unspecified atom stereocenters. The standard InChI is InChI=1S/C20H26N2O4S2/c1-4-22(5-2)28(25,26)17-10-11-19(23)18(12-17)21-20(24)14-27-13-16-8-6-15(3)7-9-16/h6-12,23H,4-5,13-14H2,1-3H3,(H,21,24). The predicted molar refractivity (Wildman–Crippen MR) is 114 cm³/mol. The van der Waals surface area contributed by atoms with Crippen molar-refractivity contribution in [3.05, 3.63) is 53.6 Å². The second kappa shape index (κ2) is 9.95. The van der Waals surface area contributed by atoms with E-state index in [-0.39, 0.29) is 28.0 Å². The van der Waals surface area contributed by atoms with Gasteiger partial charge in [-0.05, 0) is 30.7 Å². The number of aryl methyl sites for hydroxylation is 1. The number of aromatic hydroxyl groups is 1. The van der Waals surface area contributed by atoms with E-state index >= 15 is 0 Å². The van der Waals surface area contributed by atoms with Gasteiger partial charge in [0.2, 0.25) is 15.9 Å². The summed E-state index contributed by atoms with van der Waals surface area (Å²) < 4.78 is 26.6. The zero-order valence-electron chi connectivity index (χ0n) is 16.3. The lowest BCUT2D eigenvalue weighted by molar-refractivity contribution is -0.113. The third-order valence-corrected chi connectivity index (χ3v) is 7.26. The summed E-state index contributed by atoms with van der Waals surface area (Å²) in [6.45, 7) is 6.23. The molecule has 28 heavy (non-hydrogen) atoms. The predicted octanol–water partition coefficient (Wildman–Crippen LogP) is 3.60. The lowest BCUT2D eigenvalue weighted by Crippen LogP contribution is -2.30. The maximum Gasteiger partial charge on any atom is 0.243 e. The lowest BCUT2D eigenvalue weighted by Gasteiger charge is -2.19. The molecule has 6 nitrogen and oxygen atoms in total. The van der Waals surface area contributed by atoms with E-state index in [9.17, 15) is 18.3 Å². The van der Waals surface area contributed by atoms with Gasteiger partial charge in [-0.25, -0.2) is 8.42 Å². The van der Waals surface area contributed by atoms with Crippen molar-refractivity contribution >= 4 is 33.4 Å². The van der Waals surface area contributed by atoms with E-state index in [4.69, 9.17) is 0 Å². The van der Waals surface area contributed by atoms with Crippen molar-refractivity contribution in [2.45, 2.75) is 31.4 Å². The van der Waals surface area contributed by atoms with Crippen LogP contribution in [0.4, 0.5) is 5.69 Å². The first-order valence-corrected chi connectivity index (χ1v) is 11.6. The molecule has 2 N–H and O–H groups in total. The largest absolute Gasteiger partial charge is 0.506 e. The monoisotopic (exact) mass is 422 g/mol. The highest BCUT2D eigenvalue weighted by Gasteiger charge is 2.23. The number of hydrogen-bond donors (Lipinski definition) is 2. The maximum absolute atomic E-state index is 12.6. The molecule has 0 saturated carbocycles. The van der Waals surface area contributed by atoms with Crippen LogP contribution >= 0.6 is 11.8 Å². The van der Waals surface area contributed by atoms with Crippen molar-refractivity contribution in [2.75, 3.05) is 24.2 Å². The molecule has 0 saturated heterocycles. The smallest absolute Gasteiger partial charge is 0.243 e. The van der Waals surface area contributed by atoms with E-state index < -0.39 is 10.0 Å². The molecular weight excluding hydrogens is 396 g/mol. The summed E-state index contributed by atoms with van der Waals surface area (Å²) >= 11 is 1.45. The van der Waals surface area contributed by atoms with Crippen molar-refractivity contribution in [3.63, 3.8) is 0 Å². The molecule has 0 aliphatic carbocycles. The van der Waals surface area contributed by atoms with E-state index in [0.29, 0.717) is 18.8 Å². The van der Waals surface area contributed by atoms with Crippen molar-refractivity contribution < 1.29 is 18.3 Å². The van der Waals surface area contributed by atoms with Crippen molar-refractivity contribution in [1.29, 1.82) is 0 Å². The second-order valence-electron chi connectivity index (χ2n) is 6.29. The highest BCUT2D eigenvalue weighted by molar-refractivity contribution is 7.99. The minimum absolute atomic E-state index is 0.0385. The number of benzene rings is 2. The Balaban J connectivity index is 2.02. The van der Waals surface area contributed by atoms with Gasteiger partial charge in [-0.15, -0.1) is 11.8 Å². The normalized spacial score (nSPS) is 11.6. The first-order valence-electron chi connectivity index (χ1n) is 9.04. The summed E-state index contributed by atoms with van der Waals surface area (Å²) in [5.41, 5.74) is 2.40. The number of amides is 1. The van der Waals surface area contributed by atoms with Crippen LogP contribution in [0.5, 0.6) is 5.75 Å². The van der Waals surface area contributed by atoms with Gasteiger partial charge in [-0.2, -0.15) is 4.31 Å². The molecule has 0 aromatic heterocycles. The van der Waals surface area contributed by atoms with Gasteiger partial charge in [-0.3, -0.25) is 4.79 Å². The third-order valence-electron chi connectivity index (χ3n) is 4.21. The summed E-state index contributed by atoms with van der Waals surface area (Å²) in [6, 6.07) is 12.0. The van der Waals surface area contributed by atoms with Crippen LogP contribution < -0.4 is 5.32 Å². The van der Waals surface area contributed by atoms with Gasteiger partial charge < -0.3 is 10.4 Å². The Kier molecular flexibility index (Phi) is 7.91. The SMILES string of the molecule is CCN(CC)S(=O)(=O)c1ccc(O)c(NC(=O)CSCc2ccc(C)cc2)c1. The van der Waals surface area contributed by atoms with Crippen molar-refractivity contribution in [3.8, 4) is 5.75 Å². The molecule has 152 valence electrons. The van der Waals surface area contributed by atoms with Gasteiger partial charge in [0.15, 0.2) is 0 Å². The average molecular weight is 423 g/mol. The van der Waals surface area contributed by atoms with Crippen LogP contribution in [0.15, 0.2) is 47.4 Å². The number of rotatable bonds is 9. The molecule has 2 aromatic carbocycles. The summed E-state index contributed by atoms with van der Waals surface area (Å²) in [7, 11) is -3.67. The zero-order valence-corrected chi connectivity index (χ0v) is 17.9. The molecule has 0 spiro atoms. The van der Waals surface area contributed by atoms with Gasteiger partial charge in [0, 0.05) is 18.8 Å². The van der Waals surface area contributed by atoms with Crippen LogP contribution in [-0.2, 0) is 20.6 Å². The average Bonchev–Trinajstić information content (AvgIpc) is 2.66. The van der Waals surface area contributed by atoms with Gasteiger partial charge in [0.05, 0.1) is 16.3 Å². The topological polar surface area (TPSA) is 86.7 Å². The minimum atomic E-state index is -3.67. The number of nitrogens with one attached hydrogen (secondary N) is 1. The third kappa shape index (κ3) is 5.73. The fraction of sp³-hybridized carbons (Fsp3) is 0.350. The van der Waals surface area contributed by atoms with Gasteiger partial charge in [0.1, 0.15) is 5.75 Å². The molecule has 0 atom stereocenters. The Morgan fingerprint density at radius 3 is 2.36 bits per heavy atom.